The van der Waals surface area contributed by atoms with E-state index in [0.29, 0.717) is 24.9 Å². The normalized spacial score (nSPS) is 17.6. The molecule has 134 valence electrons. The summed E-state index contributed by atoms with van der Waals surface area (Å²) in [6.07, 6.45) is 5.24. The van der Waals surface area contributed by atoms with Gasteiger partial charge in [-0.2, -0.15) is 0 Å². The molecule has 4 heteroatoms. The first-order valence-electron chi connectivity index (χ1n) is 9.57. The summed E-state index contributed by atoms with van der Waals surface area (Å²) in [5.41, 5.74) is 2.34. The van der Waals surface area contributed by atoms with Crippen molar-refractivity contribution >= 4 is 17.3 Å². The quantitative estimate of drug-likeness (QED) is 0.778. The minimum absolute atomic E-state index is 0.300. The highest BCUT2D eigenvalue weighted by Crippen LogP contribution is 2.21. The van der Waals surface area contributed by atoms with E-state index in [0.717, 1.165) is 38.2 Å². The first-order valence-corrected chi connectivity index (χ1v) is 9.57. The van der Waals surface area contributed by atoms with Gasteiger partial charge in [0.05, 0.1) is 0 Å². The van der Waals surface area contributed by atoms with Crippen LogP contribution in [0, 0.1) is 0 Å². The molecule has 24 heavy (non-hydrogen) atoms. The number of piperidine rings is 1. The van der Waals surface area contributed by atoms with E-state index in [1.807, 2.05) is 0 Å². The Morgan fingerprint density at radius 3 is 2.50 bits per heavy atom. The lowest BCUT2D eigenvalue weighted by Gasteiger charge is -2.35. The van der Waals surface area contributed by atoms with Gasteiger partial charge in [0.25, 0.3) is 0 Å². The molecule has 0 saturated carbocycles. The summed E-state index contributed by atoms with van der Waals surface area (Å²) in [6.45, 7) is 10.2. The van der Waals surface area contributed by atoms with Crippen LogP contribution in [0.25, 0.3) is 0 Å². The van der Waals surface area contributed by atoms with E-state index in [2.05, 4.69) is 60.2 Å². The lowest BCUT2D eigenvalue weighted by atomic mass is 9.99. The molecule has 0 aliphatic carbocycles. The van der Waals surface area contributed by atoms with Crippen LogP contribution in [-0.2, 0) is 4.79 Å². The smallest absolute Gasteiger partial charge is 0.224 e. The Balaban J connectivity index is 1.80. The van der Waals surface area contributed by atoms with Crippen LogP contribution in [-0.4, -0.2) is 43.0 Å². The highest BCUT2D eigenvalue weighted by Gasteiger charge is 2.24. The van der Waals surface area contributed by atoms with Crippen molar-refractivity contribution in [2.24, 2.45) is 0 Å². The Morgan fingerprint density at radius 1 is 1.17 bits per heavy atom. The van der Waals surface area contributed by atoms with E-state index in [4.69, 9.17) is 0 Å². The topological polar surface area (TPSA) is 35.6 Å². The third-order valence-corrected chi connectivity index (χ3v) is 5.08. The lowest BCUT2D eigenvalue weighted by molar-refractivity contribution is -0.134. The highest BCUT2D eigenvalue weighted by atomic mass is 16.2. The van der Waals surface area contributed by atoms with Crippen LogP contribution < -0.4 is 10.2 Å². The Labute approximate surface area is 147 Å². The molecule has 1 aliphatic rings. The maximum absolute atomic E-state index is 12.5. The molecule has 0 radical (unpaired) electrons. The molecule has 1 heterocycles. The number of nitrogens with one attached hydrogen (secondary N) is 1. The van der Waals surface area contributed by atoms with Crippen LogP contribution in [0.1, 0.15) is 52.9 Å². The van der Waals surface area contributed by atoms with Crippen molar-refractivity contribution in [2.45, 2.75) is 58.9 Å². The third-order valence-electron chi connectivity index (χ3n) is 5.08. The average Bonchev–Trinajstić information content (AvgIpc) is 2.63. The maximum atomic E-state index is 12.5. The molecule has 1 aromatic carbocycles. The third kappa shape index (κ3) is 4.89. The molecule has 0 bridgehead atoms. The zero-order valence-corrected chi connectivity index (χ0v) is 15.6. The number of anilines is 2. The van der Waals surface area contributed by atoms with E-state index < -0.39 is 0 Å². The number of nitrogens with zero attached hydrogens (tertiary/aromatic N) is 2. The number of likely N-dealkylation sites (tertiary alicyclic amines) is 1. The fourth-order valence-electron chi connectivity index (χ4n) is 3.59. The second kappa shape index (κ2) is 9.55. The summed E-state index contributed by atoms with van der Waals surface area (Å²) in [7, 11) is 0. The summed E-state index contributed by atoms with van der Waals surface area (Å²) in [5, 5.41) is 3.38. The van der Waals surface area contributed by atoms with Gasteiger partial charge in [-0.1, -0.05) is 6.92 Å². The van der Waals surface area contributed by atoms with Gasteiger partial charge < -0.3 is 15.1 Å². The van der Waals surface area contributed by atoms with Crippen molar-refractivity contribution in [3.05, 3.63) is 24.3 Å². The average molecular weight is 332 g/mol. The Bertz CT molecular complexity index is 496. The van der Waals surface area contributed by atoms with Crippen LogP contribution >= 0.6 is 0 Å². The van der Waals surface area contributed by atoms with Crippen molar-refractivity contribution in [3.8, 4) is 0 Å². The fraction of sp³-hybridized carbons (Fsp3) is 0.650. The van der Waals surface area contributed by atoms with Gasteiger partial charge >= 0.3 is 0 Å². The van der Waals surface area contributed by atoms with Crippen LogP contribution in [0.3, 0.4) is 0 Å². The van der Waals surface area contributed by atoms with Crippen molar-refractivity contribution in [1.29, 1.82) is 0 Å². The van der Waals surface area contributed by atoms with Gasteiger partial charge in [0.1, 0.15) is 0 Å². The summed E-state index contributed by atoms with van der Waals surface area (Å²) in [4.78, 5) is 16.9. The highest BCUT2D eigenvalue weighted by molar-refractivity contribution is 5.77. The summed E-state index contributed by atoms with van der Waals surface area (Å²) in [6, 6.07) is 8.96. The van der Waals surface area contributed by atoms with Gasteiger partial charge in [0, 0.05) is 50.0 Å². The largest absolute Gasteiger partial charge is 0.385 e. The van der Waals surface area contributed by atoms with Crippen molar-refractivity contribution in [2.75, 3.05) is 36.4 Å². The molecule has 1 atom stereocenters. The van der Waals surface area contributed by atoms with Crippen LogP contribution in [0.15, 0.2) is 24.3 Å². The summed E-state index contributed by atoms with van der Waals surface area (Å²) < 4.78 is 0. The van der Waals surface area contributed by atoms with Crippen LogP contribution in [0.4, 0.5) is 11.4 Å². The van der Waals surface area contributed by atoms with Gasteiger partial charge in [-0.05, 0) is 63.8 Å². The van der Waals surface area contributed by atoms with E-state index in [1.54, 1.807) is 0 Å². The maximum Gasteiger partial charge on any atom is 0.224 e. The molecule has 1 amide bonds. The van der Waals surface area contributed by atoms with Gasteiger partial charge in [-0.3, -0.25) is 4.79 Å². The molecule has 1 saturated heterocycles. The molecule has 1 aromatic rings. The number of carbonyl (C=O) groups excluding carboxylic acids is 1. The Morgan fingerprint density at radius 2 is 1.88 bits per heavy atom. The predicted molar refractivity (Wildman–Crippen MR) is 103 cm³/mol. The number of benzene rings is 1. The predicted octanol–water partition coefficient (Wildman–Crippen LogP) is 4.13. The van der Waals surface area contributed by atoms with Gasteiger partial charge in [-0.15, -0.1) is 0 Å². The zero-order valence-electron chi connectivity index (χ0n) is 15.6. The monoisotopic (exact) mass is 331 g/mol. The lowest BCUT2D eigenvalue weighted by Crippen LogP contribution is -2.43. The SMILES string of the molecule is CCC1CCCCN1C(=O)CCNc1ccc(N(CC)CC)cc1. The van der Waals surface area contributed by atoms with E-state index >= 15 is 0 Å². The molecule has 0 aromatic heterocycles. The number of amides is 1. The Kier molecular flexibility index (Phi) is 7.41. The van der Waals surface area contributed by atoms with E-state index in [-0.39, 0.29) is 0 Å². The molecule has 1 unspecified atom stereocenters. The molecular weight excluding hydrogens is 298 g/mol. The zero-order chi connectivity index (χ0) is 17.4. The van der Waals surface area contributed by atoms with Crippen LogP contribution in [0.5, 0.6) is 0 Å². The Hall–Kier alpha value is -1.71. The number of hydrogen-bond donors (Lipinski definition) is 1. The summed E-state index contributed by atoms with van der Waals surface area (Å²) >= 11 is 0. The standard InChI is InChI=1S/C20H33N3O/c1-4-18-9-7-8-16-23(18)20(24)14-15-21-17-10-12-19(13-11-17)22(5-2)6-3/h10-13,18,21H,4-9,14-16H2,1-3H3. The van der Waals surface area contributed by atoms with Crippen molar-refractivity contribution in [1.82, 2.24) is 4.90 Å². The van der Waals surface area contributed by atoms with Gasteiger partial charge in [0.15, 0.2) is 0 Å². The van der Waals surface area contributed by atoms with E-state index in [9.17, 15) is 4.79 Å². The number of carbonyl (C=O) groups is 1. The second-order valence-electron chi connectivity index (χ2n) is 6.54. The molecular formula is C20H33N3O. The molecule has 4 nitrogen and oxygen atoms in total. The molecule has 0 spiro atoms. The van der Waals surface area contributed by atoms with Gasteiger partial charge in [0.2, 0.25) is 5.91 Å². The number of hydrogen-bond acceptors (Lipinski definition) is 3. The van der Waals surface area contributed by atoms with E-state index in [1.165, 1.54) is 18.5 Å². The fourth-order valence-corrected chi connectivity index (χ4v) is 3.59. The minimum Gasteiger partial charge on any atom is -0.385 e. The van der Waals surface area contributed by atoms with Crippen molar-refractivity contribution in [3.63, 3.8) is 0 Å². The molecule has 1 fully saturated rings. The van der Waals surface area contributed by atoms with Crippen molar-refractivity contribution < 1.29 is 4.79 Å². The molecule has 2 rings (SSSR count). The summed E-state index contributed by atoms with van der Waals surface area (Å²) in [5.74, 6) is 0.300. The van der Waals surface area contributed by atoms with Crippen LogP contribution in [0.2, 0.25) is 0 Å². The van der Waals surface area contributed by atoms with Gasteiger partial charge in [-0.25, -0.2) is 0 Å². The molecule has 1 N–H and O–H groups in total. The number of rotatable bonds is 8. The minimum atomic E-state index is 0.300. The first-order chi connectivity index (χ1) is 11.7. The molecule has 1 aliphatic heterocycles. The first kappa shape index (κ1) is 18.6. The second-order valence-corrected chi connectivity index (χ2v) is 6.54.